The Morgan fingerprint density at radius 1 is 1.28 bits per heavy atom. The van der Waals surface area contributed by atoms with Crippen molar-refractivity contribution in [2.75, 3.05) is 6.54 Å². The Labute approximate surface area is 191 Å². The molecule has 3 N–H and O–H groups in total. The highest BCUT2D eigenvalue weighted by molar-refractivity contribution is 5.97. The molecular formula is C25H36FN3O3. The molecule has 0 saturated carbocycles. The van der Waals surface area contributed by atoms with E-state index in [0.717, 1.165) is 17.6 Å². The third kappa shape index (κ3) is 8.49. The number of rotatable bonds is 7. The number of carboxylic acids is 1. The topological polar surface area (TPSA) is 93.5 Å². The fraction of sp³-hybridized carbons (Fsp3) is 0.400. The molecular weight excluding hydrogens is 409 g/mol. The van der Waals surface area contributed by atoms with Crippen molar-refractivity contribution in [3.8, 4) is 0 Å². The first-order valence-electron chi connectivity index (χ1n) is 10.8. The number of amides is 1. The van der Waals surface area contributed by atoms with Crippen LogP contribution in [0.5, 0.6) is 0 Å². The Morgan fingerprint density at radius 2 is 1.91 bits per heavy atom. The van der Waals surface area contributed by atoms with Gasteiger partial charge in [0.2, 0.25) is 0 Å². The van der Waals surface area contributed by atoms with E-state index in [0.29, 0.717) is 30.8 Å². The third-order valence-corrected chi connectivity index (χ3v) is 4.76. The number of carbonyl (C=O) groups is 2. The van der Waals surface area contributed by atoms with E-state index in [4.69, 9.17) is 5.41 Å². The lowest BCUT2D eigenvalue weighted by atomic mass is 10.2. The van der Waals surface area contributed by atoms with Gasteiger partial charge in [0, 0.05) is 18.5 Å². The molecule has 1 unspecified atom stereocenters. The van der Waals surface area contributed by atoms with E-state index in [1.54, 1.807) is 31.2 Å². The first-order valence-corrected chi connectivity index (χ1v) is 10.8. The van der Waals surface area contributed by atoms with Crippen LogP contribution in [0.3, 0.4) is 0 Å². The fourth-order valence-electron chi connectivity index (χ4n) is 2.94. The zero-order valence-corrected chi connectivity index (χ0v) is 19.7. The molecule has 2 rings (SSSR count). The summed E-state index contributed by atoms with van der Waals surface area (Å²) in [5.41, 5.74) is 2.35. The molecule has 32 heavy (non-hydrogen) atoms. The molecule has 0 aliphatic carbocycles. The van der Waals surface area contributed by atoms with Gasteiger partial charge in [0.1, 0.15) is 11.9 Å². The second-order valence-corrected chi connectivity index (χ2v) is 6.64. The smallest absolute Gasteiger partial charge is 0.326 e. The van der Waals surface area contributed by atoms with Gasteiger partial charge in [0.15, 0.2) is 0 Å². The minimum absolute atomic E-state index is 0.0972. The monoisotopic (exact) mass is 445 g/mol. The van der Waals surface area contributed by atoms with Crippen molar-refractivity contribution >= 4 is 18.1 Å². The Hall–Kier alpha value is -3.22. The minimum atomic E-state index is -1.02. The van der Waals surface area contributed by atoms with Crippen molar-refractivity contribution < 1.29 is 19.1 Å². The van der Waals surface area contributed by atoms with Gasteiger partial charge in [-0.15, -0.1) is 0 Å². The zero-order valence-electron chi connectivity index (χ0n) is 19.7. The van der Waals surface area contributed by atoms with Gasteiger partial charge in [-0.2, -0.15) is 0 Å². The number of nitrogens with one attached hydrogen (secondary N) is 2. The van der Waals surface area contributed by atoms with Crippen molar-refractivity contribution in [3.63, 3.8) is 0 Å². The van der Waals surface area contributed by atoms with Crippen LogP contribution < -0.4 is 5.32 Å². The number of likely N-dealkylation sites (tertiary alicyclic amines) is 1. The highest BCUT2D eigenvalue weighted by atomic mass is 19.1. The number of allylic oxidation sites excluding steroid dienone is 3. The summed E-state index contributed by atoms with van der Waals surface area (Å²) in [5.74, 6) is -1.51. The van der Waals surface area contributed by atoms with Gasteiger partial charge in [-0.25, -0.2) is 9.18 Å². The first kappa shape index (κ1) is 28.8. The van der Waals surface area contributed by atoms with Gasteiger partial charge >= 0.3 is 5.97 Å². The predicted octanol–water partition coefficient (Wildman–Crippen LogP) is 5.08. The average molecular weight is 446 g/mol. The Bertz CT molecular complexity index is 847. The molecule has 0 radical (unpaired) electrons. The van der Waals surface area contributed by atoms with Crippen LogP contribution in [0.25, 0.3) is 0 Å². The van der Waals surface area contributed by atoms with E-state index < -0.39 is 17.9 Å². The summed E-state index contributed by atoms with van der Waals surface area (Å²) in [4.78, 5) is 24.9. The van der Waals surface area contributed by atoms with Gasteiger partial charge < -0.3 is 15.8 Å². The van der Waals surface area contributed by atoms with Crippen molar-refractivity contribution in [1.29, 1.82) is 5.41 Å². The fourth-order valence-corrected chi connectivity index (χ4v) is 2.94. The van der Waals surface area contributed by atoms with Crippen LogP contribution in [0.1, 0.15) is 53.0 Å². The Kier molecular flexibility index (Phi) is 14.0. The number of nitrogens with zero attached hydrogens (tertiary/aromatic N) is 1. The maximum absolute atomic E-state index is 12.6. The summed E-state index contributed by atoms with van der Waals surface area (Å²) in [6.45, 7) is 13.6. The SMILES string of the molecule is C=C1CCC(C(=O)O)N1C(=O)/C(=C\C)NC/C(C=N)=C/C.CC.CCc1ccccc1F. The molecule has 0 spiro atoms. The molecule has 1 fully saturated rings. The van der Waals surface area contributed by atoms with Crippen molar-refractivity contribution in [3.05, 3.63) is 71.3 Å². The lowest BCUT2D eigenvalue weighted by Gasteiger charge is -2.24. The number of halogens is 1. The number of carboxylic acid groups (broad SMARTS) is 1. The lowest BCUT2D eigenvalue weighted by Crippen LogP contribution is -2.42. The molecule has 176 valence electrons. The molecule has 1 heterocycles. The van der Waals surface area contributed by atoms with E-state index in [2.05, 4.69) is 11.9 Å². The summed E-state index contributed by atoms with van der Waals surface area (Å²) in [6, 6.07) is 5.98. The summed E-state index contributed by atoms with van der Waals surface area (Å²) in [5, 5.41) is 19.3. The van der Waals surface area contributed by atoms with Crippen LogP contribution in [0.4, 0.5) is 4.39 Å². The summed E-state index contributed by atoms with van der Waals surface area (Å²) >= 11 is 0. The lowest BCUT2D eigenvalue weighted by molar-refractivity contribution is -0.146. The zero-order chi connectivity index (χ0) is 24.7. The molecule has 1 aliphatic rings. The van der Waals surface area contributed by atoms with Crippen molar-refractivity contribution in [2.24, 2.45) is 0 Å². The van der Waals surface area contributed by atoms with Crippen molar-refractivity contribution in [1.82, 2.24) is 10.2 Å². The molecule has 1 atom stereocenters. The highest BCUT2D eigenvalue weighted by Gasteiger charge is 2.37. The second-order valence-electron chi connectivity index (χ2n) is 6.64. The van der Waals surface area contributed by atoms with Gasteiger partial charge in [-0.05, 0) is 50.3 Å². The van der Waals surface area contributed by atoms with E-state index >= 15 is 0 Å². The van der Waals surface area contributed by atoms with Crippen molar-refractivity contribution in [2.45, 2.75) is 59.9 Å². The van der Waals surface area contributed by atoms with E-state index in [1.807, 2.05) is 33.8 Å². The van der Waals surface area contributed by atoms with Gasteiger partial charge in [0.25, 0.3) is 5.91 Å². The number of aryl methyl sites for hydroxylation is 1. The molecule has 1 aliphatic heterocycles. The van der Waals surface area contributed by atoms with Crippen LogP contribution in [0, 0.1) is 11.2 Å². The quantitative estimate of drug-likeness (QED) is 0.403. The summed E-state index contributed by atoms with van der Waals surface area (Å²) in [6.07, 6.45) is 6.24. The predicted molar refractivity (Wildman–Crippen MR) is 128 cm³/mol. The second kappa shape index (κ2) is 15.6. The molecule has 1 aromatic rings. The number of carbonyl (C=O) groups excluding carboxylic acids is 1. The standard InChI is InChI=1S/C15H21N3O3.C8H9F.C2H6/c1-4-11(8-16)9-17-12(5-2)14(19)18-10(3)6-7-13(18)15(20)21;1-2-7-5-3-4-6-8(7)9;1-2/h4-5,8,13,16-17H,3,6-7,9H2,1-2H3,(H,20,21);3-6H,2H2,1H3;1-2H3/b11-4+,12-5+,16-8?;;. The number of hydrogen-bond acceptors (Lipinski definition) is 4. The van der Waals surface area contributed by atoms with Crippen LogP contribution in [0.2, 0.25) is 0 Å². The van der Waals surface area contributed by atoms with Gasteiger partial charge in [-0.3, -0.25) is 9.69 Å². The molecule has 1 saturated heterocycles. The van der Waals surface area contributed by atoms with Crippen LogP contribution >= 0.6 is 0 Å². The van der Waals surface area contributed by atoms with Gasteiger partial charge in [0.05, 0.1) is 5.70 Å². The molecule has 0 aromatic heterocycles. The van der Waals surface area contributed by atoms with E-state index in [1.165, 1.54) is 17.2 Å². The highest BCUT2D eigenvalue weighted by Crippen LogP contribution is 2.27. The maximum atomic E-state index is 12.6. The van der Waals surface area contributed by atoms with Crippen LogP contribution in [-0.4, -0.2) is 40.7 Å². The Morgan fingerprint density at radius 3 is 2.34 bits per heavy atom. The first-order chi connectivity index (χ1) is 15.3. The van der Waals surface area contributed by atoms with Gasteiger partial charge in [-0.1, -0.05) is 57.7 Å². The average Bonchev–Trinajstić information content (AvgIpc) is 3.20. The minimum Gasteiger partial charge on any atom is -0.480 e. The molecule has 1 aromatic carbocycles. The van der Waals surface area contributed by atoms with Crippen LogP contribution in [-0.2, 0) is 16.0 Å². The third-order valence-electron chi connectivity index (χ3n) is 4.76. The maximum Gasteiger partial charge on any atom is 0.326 e. The molecule has 1 amide bonds. The summed E-state index contributed by atoms with van der Waals surface area (Å²) < 4.78 is 12.6. The number of benzene rings is 1. The normalized spacial score (nSPS) is 15.8. The number of hydrogen-bond donors (Lipinski definition) is 3. The molecule has 6 nitrogen and oxygen atoms in total. The van der Waals surface area contributed by atoms with E-state index in [9.17, 15) is 19.1 Å². The summed E-state index contributed by atoms with van der Waals surface area (Å²) in [7, 11) is 0. The molecule has 7 heteroatoms. The number of aliphatic carboxylic acids is 1. The van der Waals surface area contributed by atoms with Crippen LogP contribution in [0.15, 0.2) is 60.0 Å². The largest absolute Gasteiger partial charge is 0.480 e. The Balaban J connectivity index is 0.000000723. The van der Waals surface area contributed by atoms with E-state index in [-0.39, 0.29) is 5.82 Å². The molecule has 0 bridgehead atoms.